The highest BCUT2D eigenvalue weighted by atomic mass is 79.9. The highest BCUT2D eigenvalue weighted by Crippen LogP contribution is 2.26. The van der Waals surface area contributed by atoms with Crippen LogP contribution in [-0.2, 0) is 0 Å². The normalized spacial score (nSPS) is 10.4. The fourth-order valence-corrected chi connectivity index (χ4v) is 2.46. The zero-order chi connectivity index (χ0) is 13.3. The number of hydrogen-bond acceptors (Lipinski definition) is 1. The Bertz CT molecular complexity index is 570. The molecule has 0 amide bonds. The van der Waals surface area contributed by atoms with Crippen LogP contribution in [0.15, 0.2) is 45.3 Å². The van der Waals surface area contributed by atoms with E-state index in [1.54, 1.807) is 24.3 Å². The van der Waals surface area contributed by atoms with Crippen molar-refractivity contribution in [3.63, 3.8) is 0 Å². The van der Waals surface area contributed by atoms with Crippen LogP contribution >= 0.6 is 31.9 Å². The third-order valence-electron chi connectivity index (χ3n) is 2.63. The highest BCUT2D eigenvalue weighted by molar-refractivity contribution is 9.10. The van der Waals surface area contributed by atoms with Crippen molar-refractivity contribution in [3.8, 4) is 0 Å². The second kappa shape index (κ2) is 5.33. The molecule has 2 rings (SSSR count). The van der Waals surface area contributed by atoms with E-state index in [1.165, 1.54) is 6.07 Å². The molecule has 0 atom stereocenters. The fraction of sp³-hybridized carbons (Fsp3) is 0.0714. The lowest BCUT2D eigenvalue weighted by Gasteiger charge is -2.07. The van der Waals surface area contributed by atoms with Crippen molar-refractivity contribution in [2.24, 2.45) is 0 Å². The number of benzene rings is 2. The first kappa shape index (κ1) is 13.4. The summed E-state index contributed by atoms with van der Waals surface area (Å²) < 4.78 is 14.9. The molecule has 0 radical (unpaired) electrons. The van der Waals surface area contributed by atoms with E-state index in [0.717, 1.165) is 5.56 Å². The maximum absolute atomic E-state index is 13.9. The van der Waals surface area contributed by atoms with Crippen molar-refractivity contribution in [2.45, 2.75) is 6.92 Å². The minimum atomic E-state index is -0.532. The largest absolute Gasteiger partial charge is 0.288 e. The molecule has 0 saturated carbocycles. The molecule has 1 nitrogen and oxygen atoms in total. The van der Waals surface area contributed by atoms with E-state index in [4.69, 9.17) is 0 Å². The van der Waals surface area contributed by atoms with Crippen molar-refractivity contribution < 1.29 is 9.18 Å². The summed E-state index contributed by atoms with van der Waals surface area (Å²) >= 11 is 6.45. The minimum absolute atomic E-state index is 0.0654. The lowest BCUT2D eigenvalue weighted by molar-refractivity contribution is 0.103. The highest BCUT2D eigenvalue weighted by Gasteiger charge is 2.18. The third kappa shape index (κ3) is 2.40. The van der Waals surface area contributed by atoms with Gasteiger partial charge < -0.3 is 0 Å². The summed E-state index contributed by atoms with van der Waals surface area (Å²) in [4.78, 5) is 12.3. The van der Waals surface area contributed by atoms with E-state index in [2.05, 4.69) is 31.9 Å². The summed E-state index contributed by atoms with van der Waals surface area (Å²) in [6, 6.07) is 10.0. The van der Waals surface area contributed by atoms with Gasteiger partial charge in [-0.3, -0.25) is 4.79 Å². The molecule has 0 bridgehead atoms. The second-order valence-corrected chi connectivity index (χ2v) is 5.51. The maximum Gasteiger partial charge on any atom is 0.197 e. The Kier molecular flexibility index (Phi) is 3.97. The molecular formula is C14H9Br2FO. The van der Waals surface area contributed by atoms with Crippen LogP contribution in [0, 0.1) is 12.7 Å². The van der Waals surface area contributed by atoms with Crippen molar-refractivity contribution in [1.82, 2.24) is 0 Å². The Morgan fingerprint density at radius 1 is 1.06 bits per heavy atom. The van der Waals surface area contributed by atoms with Gasteiger partial charge in [0.05, 0.1) is 10.0 Å². The summed E-state index contributed by atoms with van der Waals surface area (Å²) in [6.45, 7) is 1.89. The van der Waals surface area contributed by atoms with Gasteiger partial charge in [-0.25, -0.2) is 4.39 Å². The molecule has 0 aliphatic heterocycles. The van der Waals surface area contributed by atoms with Crippen molar-refractivity contribution >= 4 is 37.6 Å². The molecule has 0 fully saturated rings. The molecule has 0 unspecified atom stereocenters. The summed E-state index contributed by atoms with van der Waals surface area (Å²) in [5, 5.41) is 0. The van der Waals surface area contributed by atoms with Gasteiger partial charge >= 0.3 is 0 Å². The Balaban J connectivity index is 2.55. The van der Waals surface area contributed by atoms with E-state index >= 15 is 0 Å². The molecule has 2 aromatic carbocycles. The molecule has 0 N–H and O–H groups in total. The van der Waals surface area contributed by atoms with E-state index in [1.807, 2.05) is 13.0 Å². The SMILES string of the molecule is Cc1cccc(C(=O)c2cccc(Br)c2F)c1Br. The van der Waals surface area contributed by atoms with Crippen LogP contribution in [0.4, 0.5) is 4.39 Å². The van der Waals surface area contributed by atoms with Crippen molar-refractivity contribution in [1.29, 1.82) is 0 Å². The van der Waals surface area contributed by atoms with Crippen LogP contribution < -0.4 is 0 Å². The Labute approximate surface area is 121 Å². The van der Waals surface area contributed by atoms with Gasteiger partial charge in [0.2, 0.25) is 0 Å². The third-order valence-corrected chi connectivity index (χ3v) is 4.30. The second-order valence-electron chi connectivity index (χ2n) is 3.87. The quantitative estimate of drug-likeness (QED) is 0.687. The van der Waals surface area contributed by atoms with E-state index < -0.39 is 5.82 Å². The lowest BCUT2D eigenvalue weighted by Crippen LogP contribution is -2.06. The van der Waals surface area contributed by atoms with Crippen molar-refractivity contribution in [3.05, 3.63) is 67.9 Å². The van der Waals surface area contributed by atoms with Crippen LogP contribution in [-0.4, -0.2) is 5.78 Å². The molecule has 0 heterocycles. The predicted octanol–water partition coefficient (Wildman–Crippen LogP) is 4.89. The maximum atomic E-state index is 13.9. The van der Waals surface area contributed by atoms with Crippen LogP contribution in [0.1, 0.15) is 21.5 Å². The average Bonchev–Trinajstić information content (AvgIpc) is 2.35. The van der Waals surface area contributed by atoms with Gasteiger partial charge in [0.15, 0.2) is 5.78 Å². The Hall–Kier alpha value is -1.000. The molecule has 0 aromatic heterocycles. The number of halogens is 3. The van der Waals surface area contributed by atoms with Crippen molar-refractivity contribution in [2.75, 3.05) is 0 Å². The van der Waals surface area contributed by atoms with Crippen LogP contribution in [0.5, 0.6) is 0 Å². The number of rotatable bonds is 2. The van der Waals surface area contributed by atoms with Gasteiger partial charge in [-0.1, -0.05) is 18.2 Å². The summed E-state index contributed by atoms with van der Waals surface area (Å²) in [5.74, 6) is -0.861. The van der Waals surface area contributed by atoms with E-state index in [-0.39, 0.29) is 15.8 Å². The van der Waals surface area contributed by atoms with E-state index in [0.29, 0.717) is 10.0 Å². The lowest BCUT2D eigenvalue weighted by atomic mass is 10.0. The van der Waals surface area contributed by atoms with Crippen LogP contribution in [0.3, 0.4) is 0 Å². The predicted molar refractivity (Wildman–Crippen MR) is 76.4 cm³/mol. The average molecular weight is 372 g/mol. The molecule has 4 heteroatoms. The number of carbonyl (C=O) groups is 1. The number of carbonyl (C=O) groups excluding carboxylic acids is 1. The van der Waals surface area contributed by atoms with Gasteiger partial charge in [-0.2, -0.15) is 0 Å². The summed E-state index contributed by atoms with van der Waals surface area (Å²) in [5.41, 5.74) is 1.47. The number of ketones is 1. The molecule has 0 aliphatic carbocycles. The Morgan fingerprint density at radius 3 is 2.39 bits per heavy atom. The molecule has 0 aliphatic rings. The first-order chi connectivity index (χ1) is 8.52. The fourth-order valence-electron chi connectivity index (χ4n) is 1.65. The molecule has 18 heavy (non-hydrogen) atoms. The van der Waals surface area contributed by atoms with Gasteiger partial charge in [0.1, 0.15) is 5.82 Å². The molecule has 92 valence electrons. The minimum Gasteiger partial charge on any atom is -0.288 e. The zero-order valence-corrected chi connectivity index (χ0v) is 12.7. The number of aryl methyl sites for hydroxylation is 1. The molecule has 0 saturated heterocycles. The molecule has 2 aromatic rings. The zero-order valence-electron chi connectivity index (χ0n) is 9.51. The molecule has 0 spiro atoms. The topological polar surface area (TPSA) is 17.1 Å². The number of hydrogen-bond donors (Lipinski definition) is 0. The van der Waals surface area contributed by atoms with Gasteiger partial charge in [-0.15, -0.1) is 0 Å². The summed E-state index contributed by atoms with van der Waals surface area (Å²) in [7, 11) is 0. The monoisotopic (exact) mass is 370 g/mol. The molecular weight excluding hydrogens is 363 g/mol. The Morgan fingerprint density at radius 2 is 1.67 bits per heavy atom. The van der Waals surface area contributed by atoms with Gasteiger partial charge in [0, 0.05) is 10.0 Å². The van der Waals surface area contributed by atoms with Crippen LogP contribution in [0.25, 0.3) is 0 Å². The van der Waals surface area contributed by atoms with Crippen LogP contribution in [0.2, 0.25) is 0 Å². The van der Waals surface area contributed by atoms with E-state index in [9.17, 15) is 9.18 Å². The smallest absolute Gasteiger partial charge is 0.197 e. The first-order valence-electron chi connectivity index (χ1n) is 5.26. The summed E-state index contributed by atoms with van der Waals surface area (Å²) in [6.07, 6.45) is 0. The van der Waals surface area contributed by atoms with Gasteiger partial charge in [-0.05, 0) is 62.5 Å². The first-order valence-corrected chi connectivity index (χ1v) is 6.85. The standard InChI is InChI=1S/C14H9Br2FO/c1-8-4-2-5-9(12(8)16)14(18)10-6-3-7-11(15)13(10)17/h2-7H,1H3. The van der Waals surface area contributed by atoms with Gasteiger partial charge in [0.25, 0.3) is 0 Å².